The summed E-state index contributed by atoms with van der Waals surface area (Å²) in [4.78, 5) is 16.6. The van der Waals surface area contributed by atoms with Crippen molar-refractivity contribution in [2.45, 2.75) is 33.2 Å². The van der Waals surface area contributed by atoms with Crippen molar-refractivity contribution in [3.63, 3.8) is 0 Å². The number of hydrogen-bond donors (Lipinski definition) is 1. The van der Waals surface area contributed by atoms with E-state index in [-0.39, 0.29) is 16.6 Å². The number of pyridine rings is 1. The van der Waals surface area contributed by atoms with Gasteiger partial charge >= 0.3 is 0 Å². The molecule has 27 heavy (non-hydrogen) atoms. The number of unbranched alkanes of at least 4 members (excludes halogenated alkanes) is 1. The van der Waals surface area contributed by atoms with Crippen LogP contribution < -0.4 is 19.5 Å². The van der Waals surface area contributed by atoms with Gasteiger partial charge in [0.25, 0.3) is 5.91 Å². The standard InChI is InChI=1S/C20H25ClN2O4/c1-4-6-11-27-16-9-7-14(12-17(16)25-3)13-22-20(24)19-15(21)8-10-18(23-19)26-5-2/h7-10,12H,4-6,11,13H2,1-3H3,(H,22,24). The molecule has 1 aromatic carbocycles. The number of nitrogens with zero attached hydrogens (tertiary/aromatic N) is 1. The SMILES string of the molecule is CCCCOc1ccc(CNC(=O)c2nc(OCC)ccc2Cl)cc1OC. The lowest BCUT2D eigenvalue weighted by Gasteiger charge is -2.13. The zero-order chi connectivity index (χ0) is 19.6. The van der Waals surface area contributed by atoms with Crippen LogP contribution in [0.15, 0.2) is 30.3 Å². The zero-order valence-corrected chi connectivity index (χ0v) is 16.6. The minimum absolute atomic E-state index is 0.133. The van der Waals surface area contributed by atoms with Crippen molar-refractivity contribution in [2.24, 2.45) is 0 Å². The molecule has 0 aliphatic carbocycles. The highest BCUT2D eigenvalue weighted by Crippen LogP contribution is 2.28. The predicted octanol–water partition coefficient (Wildman–Crippen LogP) is 4.25. The van der Waals surface area contributed by atoms with Crippen molar-refractivity contribution in [1.82, 2.24) is 10.3 Å². The maximum atomic E-state index is 12.4. The molecule has 0 fully saturated rings. The van der Waals surface area contributed by atoms with Gasteiger partial charge in [-0.1, -0.05) is 31.0 Å². The molecule has 0 radical (unpaired) electrons. The summed E-state index contributed by atoms with van der Waals surface area (Å²) in [5, 5.41) is 3.08. The Morgan fingerprint density at radius 1 is 1.15 bits per heavy atom. The quantitative estimate of drug-likeness (QED) is 0.612. The number of methoxy groups -OCH3 is 1. The lowest BCUT2D eigenvalue weighted by Crippen LogP contribution is -2.24. The third kappa shape index (κ3) is 6.03. The van der Waals surface area contributed by atoms with Gasteiger partial charge in [-0.05, 0) is 37.1 Å². The van der Waals surface area contributed by atoms with Crippen LogP contribution in [-0.4, -0.2) is 31.2 Å². The van der Waals surface area contributed by atoms with Gasteiger partial charge in [0, 0.05) is 12.6 Å². The Hall–Kier alpha value is -2.47. The van der Waals surface area contributed by atoms with Crippen molar-refractivity contribution >= 4 is 17.5 Å². The fourth-order valence-corrected chi connectivity index (χ4v) is 2.54. The highest BCUT2D eigenvalue weighted by molar-refractivity contribution is 6.33. The summed E-state index contributed by atoms with van der Waals surface area (Å²) in [6, 6.07) is 8.80. The van der Waals surface area contributed by atoms with E-state index in [1.165, 1.54) is 0 Å². The molecule has 1 heterocycles. The van der Waals surface area contributed by atoms with E-state index in [0.717, 1.165) is 18.4 Å². The summed E-state index contributed by atoms with van der Waals surface area (Å²) in [6.07, 6.45) is 2.04. The summed E-state index contributed by atoms with van der Waals surface area (Å²) >= 11 is 6.09. The highest BCUT2D eigenvalue weighted by atomic mass is 35.5. The van der Waals surface area contributed by atoms with Gasteiger partial charge in [0.2, 0.25) is 5.88 Å². The monoisotopic (exact) mass is 392 g/mol. The van der Waals surface area contributed by atoms with Crippen molar-refractivity contribution in [3.05, 3.63) is 46.6 Å². The third-order valence-corrected chi connectivity index (χ3v) is 4.07. The van der Waals surface area contributed by atoms with E-state index < -0.39 is 0 Å². The number of halogens is 1. The smallest absolute Gasteiger partial charge is 0.271 e. The molecule has 0 atom stereocenters. The largest absolute Gasteiger partial charge is 0.493 e. The number of benzene rings is 1. The molecule has 7 heteroatoms. The first-order chi connectivity index (χ1) is 13.1. The van der Waals surface area contributed by atoms with Crippen LogP contribution in [0.4, 0.5) is 0 Å². The maximum Gasteiger partial charge on any atom is 0.271 e. The Morgan fingerprint density at radius 3 is 2.67 bits per heavy atom. The fourth-order valence-electron chi connectivity index (χ4n) is 2.35. The summed E-state index contributed by atoms with van der Waals surface area (Å²) in [5.74, 6) is 1.31. The van der Waals surface area contributed by atoms with E-state index >= 15 is 0 Å². The molecule has 0 aliphatic rings. The minimum atomic E-state index is -0.371. The predicted molar refractivity (Wildman–Crippen MR) is 105 cm³/mol. The zero-order valence-electron chi connectivity index (χ0n) is 15.9. The third-order valence-electron chi connectivity index (χ3n) is 3.76. The fraction of sp³-hybridized carbons (Fsp3) is 0.400. The molecule has 1 amide bonds. The number of hydrogen-bond acceptors (Lipinski definition) is 5. The summed E-state index contributed by atoms with van der Waals surface area (Å²) in [5.41, 5.74) is 1.01. The number of rotatable bonds is 10. The average molecular weight is 393 g/mol. The molecular weight excluding hydrogens is 368 g/mol. The van der Waals surface area contributed by atoms with E-state index in [0.29, 0.717) is 37.1 Å². The van der Waals surface area contributed by atoms with Crippen molar-refractivity contribution in [3.8, 4) is 17.4 Å². The van der Waals surface area contributed by atoms with Crippen LogP contribution in [0.1, 0.15) is 42.7 Å². The summed E-state index contributed by atoms with van der Waals surface area (Å²) in [7, 11) is 1.59. The summed E-state index contributed by atoms with van der Waals surface area (Å²) < 4.78 is 16.4. The molecule has 146 valence electrons. The van der Waals surface area contributed by atoms with Gasteiger partial charge in [0.1, 0.15) is 0 Å². The second-order valence-corrected chi connectivity index (χ2v) is 6.19. The number of aromatic nitrogens is 1. The normalized spacial score (nSPS) is 10.4. The molecule has 1 aromatic heterocycles. The van der Waals surface area contributed by atoms with Gasteiger partial charge in [-0.3, -0.25) is 4.79 Å². The van der Waals surface area contributed by atoms with E-state index in [2.05, 4.69) is 17.2 Å². The molecule has 2 rings (SSSR count). The first-order valence-corrected chi connectivity index (χ1v) is 9.34. The van der Waals surface area contributed by atoms with Crippen LogP contribution in [0.5, 0.6) is 17.4 Å². The first-order valence-electron chi connectivity index (χ1n) is 8.96. The molecule has 0 bridgehead atoms. The topological polar surface area (TPSA) is 69.7 Å². The number of ether oxygens (including phenoxy) is 3. The number of amides is 1. The molecular formula is C20H25ClN2O4. The number of carbonyl (C=O) groups is 1. The Labute approximate surface area is 164 Å². The Kier molecular flexibility index (Phi) is 8.20. The van der Waals surface area contributed by atoms with Crippen LogP contribution in [0, 0.1) is 0 Å². The van der Waals surface area contributed by atoms with Gasteiger partial charge in [-0.25, -0.2) is 4.98 Å². The summed E-state index contributed by atoms with van der Waals surface area (Å²) in [6.45, 7) is 5.36. The highest BCUT2D eigenvalue weighted by Gasteiger charge is 2.14. The Bertz CT molecular complexity index is 768. The number of carbonyl (C=O) groups excluding carboxylic acids is 1. The molecule has 0 saturated carbocycles. The second kappa shape index (κ2) is 10.6. The van der Waals surface area contributed by atoms with E-state index in [1.54, 1.807) is 19.2 Å². The van der Waals surface area contributed by atoms with Gasteiger partial charge < -0.3 is 19.5 Å². The second-order valence-electron chi connectivity index (χ2n) is 5.78. The molecule has 6 nitrogen and oxygen atoms in total. The van der Waals surface area contributed by atoms with Gasteiger partial charge in [0.15, 0.2) is 17.2 Å². The molecule has 2 aromatic rings. The molecule has 1 N–H and O–H groups in total. The van der Waals surface area contributed by atoms with Gasteiger partial charge in [0.05, 0.1) is 25.3 Å². The Morgan fingerprint density at radius 2 is 1.96 bits per heavy atom. The van der Waals surface area contributed by atoms with Crippen molar-refractivity contribution in [2.75, 3.05) is 20.3 Å². The van der Waals surface area contributed by atoms with E-state index in [4.69, 9.17) is 25.8 Å². The molecule has 0 aliphatic heterocycles. The van der Waals surface area contributed by atoms with Crippen LogP contribution in [0.25, 0.3) is 0 Å². The van der Waals surface area contributed by atoms with E-state index in [1.807, 2.05) is 25.1 Å². The minimum Gasteiger partial charge on any atom is -0.493 e. The van der Waals surface area contributed by atoms with Crippen molar-refractivity contribution in [1.29, 1.82) is 0 Å². The van der Waals surface area contributed by atoms with Gasteiger partial charge in [-0.2, -0.15) is 0 Å². The van der Waals surface area contributed by atoms with Gasteiger partial charge in [-0.15, -0.1) is 0 Å². The maximum absolute atomic E-state index is 12.4. The van der Waals surface area contributed by atoms with Crippen molar-refractivity contribution < 1.29 is 19.0 Å². The molecule has 0 saturated heterocycles. The van der Waals surface area contributed by atoms with Crippen LogP contribution in [-0.2, 0) is 6.54 Å². The average Bonchev–Trinajstić information content (AvgIpc) is 2.68. The van der Waals surface area contributed by atoms with Crippen LogP contribution in [0.3, 0.4) is 0 Å². The first kappa shape index (κ1) is 20.8. The van der Waals surface area contributed by atoms with E-state index in [9.17, 15) is 4.79 Å². The lowest BCUT2D eigenvalue weighted by molar-refractivity contribution is 0.0945. The van der Waals surface area contributed by atoms with Crippen LogP contribution in [0.2, 0.25) is 5.02 Å². The molecule has 0 unspecified atom stereocenters. The molecule has 0 spiro atoms. The Balaban J connectivity index is 2.03. The lowest BCUT2D eigenvalue weighted by atomic mass is 10.2. The van der Waals surface area contributed by atoms with Crippen LogP contribution >= 0.6 is 11.6 Å². The number of nitrogens with one attached hydrogen (secondary N) is 1.